The first kappa shape index (κ1) is 20.6. The molecule has 0 bridgehead atoms. The van der Waals surface area contributed by atoms with Crippen molar-refractivity contribution in [3.05, 3.63) is 55.3 Å². The van der Waals surface area contributed by atoms with Gasteiger partial charge in [-0.2, -0.15) is 0 Å². The van der Waals surface area contributed by atoms with Crippen molar-refractivity contribution in [2.75, 3.05) is 32.2 Å². The molecule has 1 N–H and O–H groups in total. The third kappa shape index (κ3) is 5.43. The molecule has 0 atom stereocenters. The number of benzene rings is 1. The zero-order valence-corrected chi connectivity index (χ0v) is 16.8. The molecule has 2 heterocycles. The zero-order chi connectivity index (χ0) is 20.6. The monoisotopic (exact) mass is 411 g/mol. The maximum absolute atomic E-state index is 12.0. The van der Waals surface area contributed by atoms with Crippen molar-refractivity contribution < 1.29 is 14.3 Å². The second-order valence-corrected chi connectivity index (χ2v) is 6.44. The van der Waals surface area contributed by atoms with E-state index in [1.54, 1.807) is 31.5 Å². The number of anilines is 1. The maximum atomic E-state index is 12.0. The standard InChI is InChI=1S/C20H21N5O3S/c1-3-10-25(29)20(26)24-18-9-8-16-19(23-18)22-17(13-21-16)14-4-6-15(7-5-14)28-12-11-27-2/h3-9,13,29H,1,10-12H2,2H3,(H,22,23,24,26). The highest BCUT2D eigenvalue weighted by molar-refractivity contribution is 7.78. The molecule has 2 aromatic heterocycles. The van der Waals surface area contributed by atoms with Gasteiger partial charge < -0.3 is 9.47 Å². The van der Waals surface area contributed by atoms with Gasteiger partial charge in [0.25, 0.3) is 0 Å². The van der Waals surface area contributed by atoms with Crippen molar-refractivity contribution in [3.8, 4) is 17.0 Å². The van der Waals surface area contributed by atoms with E-state index in [0.29, 0.717) is 42.4 Å². The second-order valence-electron chi connectivity index (χ2n) is 5.96. The second kappa shape index (κ2) is 9.85. The minimum absolute atomic E-state index is 0.303. The molecule has 0 aliphatic carbocycles. The molecule has 0 radical (unpaired) electrons. The lowest BCUT2D eigenvalue weighted by Gasteiger charge is -2.14. The van der Waals surface area contributed by atoms with Crippen molar-refractivity contribution >= 4 is 35.8 Å². The van der Waals surface area contributed by atoms with Crippen molar-refractivity contribution in [1.29, 1.82) is 0 Å². The van der Waals surface area contributed by atoms with E-state index in [2.05, 4.69) is 39.7 Å². The highest BCUT2D eigenvalue weighted by Gasteiger charge is 2.11. The molecule has 29 heavy (non-hydrogen) atoms. The van der Waals surface area contributed by atoms with Crippen LogP contribution < -0.4 is 10.1 Å². The number of pyridine rings is 1. The summed E-state index contributed by atoms with van der Waals surface area (Å²) in [4.78, 5) is 25.4. The number of fused-ring (bicyclic) bond motifs is 1. The normalized spacial score (nSPS) is 10.6. The fraction of sp³-hybridized carbons (Fsp3) is 0.200. The van der Waals surface area contributed by atoms with E-state index < -0.39 is 6.03 Å². The zero-order valence-electron chi connectivity index (χ0n) is 15.9. The minimum atomic E-state index is -0.409. The van der Waals surface area contributed by atoms with Gasteiger partial charge in [-0.1, -0.05) is 18.9 Å². The smallest absolute Gasteiger partial charge is 0.333 e. The molecule has 3 rings (SSSR count). The minimum Gasteiger partial charge on any atom is -0.491 e. The Kier molecular flexibility index (Phi) is 6.99. The number of nitrogens with zero attached hydrogens (tertiary/aromatic N) is 4. The molecule has 0 aliphatic heterocycles. The summed E-state index contributed by atoms with van der Waals surface area (Å²) < 4.78 is 11.7. The topological polar surface area (TPSA) is 89.5 Å². The molecule has 3 aromatic rings. The van der Waals surface area contributed by atoms with Crippen LogP contribution in [0.3, 0.4) is 0 Å². The van der Waals surface area contributed by atoms with E-state index in [-0.39, 0.29) is 0 Å². The number of thiol groups is 1. The molecule has 0 saturated heterocycles. The van der Waals surface area contributed by atoms with Gasteiger partial charge in [-0.25, -0.2) is 14.8 Å². The van der Waals surface area contributed by atoms with Crippen LogP contribution in [0, 0.1) is 0 Å². The van der Waals surface area contributed by atoms with Crippen molar-refractivity contribution in [2.45, 2.75) is 0 Å². The van der Waals surface area contributed by atoms with Crippen LogP contribution in [-0.2, 0) is 4.74 Å². The lowest BCUT2D eigenvalue weighted by atomic mass is 10.1. The van der Waals surface area contributed by atoms with Gasteiger partial charge in [-0.3, -0.25) is 14.6 Å². The number of rotatable bonds is 8. The fourth-order valence-electron chi connectivity index (χ4n) is 2.45. The Hall–Kier alpha value is -3.17. The van der Waals surface area contributed by atoms with Crippen LogP contribution in [0.15, 0.2) is 55.3 Å². The number of ether oxygens (including phenoxy) is 2. The van der Waals surface area contributed by atoms with Crippen LogP contribution >= 0.6 is 12.8 Å². The van der Waals surface area contributed by atoms with E-state index in [4.69, 9.17) is 9.47 Å². The largest absolute Gasteiger partial charge is 0.491 e. The Balaban J connectivity index is 1.78. The van der Waals surface area contributed by atoms with Crippen LogP contribution in [0.2, 0.25) is 0 Å². The fourth-order valence-corrected chi connectivity index (χ4v) is 2.62. The van der Waals surface area contributed by atoms with Crippen LogP contribution in [0.4, 0.5) is 10.6 Å². The summed E-state index contributed by atoms with van der Waals surface area (Å²) in [5.74, 6) is 1.11. The number of urea groups is 1. The number of hydrogen-bond donors (Lipinski definition) is 2. The van der Waals surface area contributed by atoms with Gasteiger partial charge in [-0.05, 0) is 36.4 Å². The first-order valence-electron chi connectivity index (χ1n) is 8.85. The molecule has 9 heteroatoms. The van der Waals surface area contributed by atoms with E-state index in [1.165, 1.54) is 4.31 Å². The van der Waals surface area contributed by atoms with E-state index >= 15 is 0 Å². The Morgan fingerprint density at radius 2 is 2.00 bits per heavy atom. The summed E-state index contributed by atoms with van der Waals surface area (Å²) in [5, 5.41) is 2.67. The van der Waals surface area contributed by atoms with Crippen LogP contribution in [0.5, 0.6) is 5.75 Å². The Labute approximate surface area is 174 Å². The molecule has 1 aromatic carbocycles. The lowest BCUT2D eigenvalue weighted by Crippen LogP contribution is -2.27. The summed E-state index contributed by atoms with van der Waals surface area (Å²) in [5.41, 5.74) is 2.59. The predicted molar refractivity (Wildman–Crippen MR) is 115 cm³/mol. The van der Waals surface area contributed by atoms with Gasteiger partial charge in [0.1, 0.15) is 23.7 Å². The summed E-state index contributed by atoms with van der Waals surface area (Å²) in [6.45, 7) is 4.89. The van der Waals surface area contributed by atoms with Crippen molar-refractivity contribution in [3.63, 3.8) is 0 Å². The quantitative estimate of drug-likeness (QED) is 0.335. The number of methoxy groups -OCH3 is 1. The van der Waals surface area contributed by atoms with Gasteiger partial charge in [0.2, 0.25) is 0 Å². The summed E-state index contributed by atoms with van der Waals surface area (Å²) in [6, 6.07) is 10.5. The number of carbonyl (C=O) groups is 1. The average Bonchev–Trinajstić information content (AvgIpc) is 2.74. The number of aromatic nitrogens is 3. The van der Waals surface area contributed by atoms with Crippen molar-refractivity contribution in [1.82, 2.24) is 19.3 Å². The molecule has 2 amide bonds. The molecule has 0 spiro atoms. The highest BCUT2D eigenvalue weighted by atomic mass is 32.1. The number of nitrogens with one attached hydrogen (secondary N) is 1. The van der Waals surface area contributed by atoms with E-state index in [9.17, 15) is 4.79 Å². The predicted octanol–water partition coefficient (Wildman–Crippen LogP) is 3.58. The first-order valence-corrected chi connectivity index (χ1v) is 9.25. The Morgan fingerprint density at radius 3 is 2.72 bits per heavy atom. The van der Waals surface area contributed by atoms with Gasteiger partial charge in [0.15, 0.2) is 5.65 Å². The number of amides is 2. The third-order valence-corrected chi connectivity index (χ3v) is 4.23. The molecule has 0 saturated carbocycles. The Morgan fingerprint density at radius 1 is 1.21 bits per heavy atom. The van der Waals surface area contributed by atoms with Crippen LogP contribution in [0.1, 0.15) is 0 Å². The summed E-state index contributed by atoms with van der Waals surface area (Å²) in [6.07, 6.45) is 3.26. The summed E-state index contributed by atoms with van der Waals surface area (Å²) >= 11 is 4.08. The van der Waals surface area contributed by atoms with Gasteiger partial charge in [0, 0.05) is 12.7 Å². The Bertz CT molecular complexity index is 997. The summed E-state index contributed by atoms with van der Waals surface area (Å²) in [7, 11) is 1.63. The van der Waals surface area contributed by atoms with E-state index in [1.807, 2.05) is 24.3 Å². The van der Waals surface area contributed by atoms with Gasteiger partial charge in [0.05, 0.1) is 25.0 Å². The maximum Gasteiger partial charge on any atom is 0.333 e. The number of hydrogen-bond acceptors (Lipinski definition) is 7. The molecule has 0 aliphatic rings. The molecular formula is C20H21N5O3S. The van der Waals surface area contributed by atoms with Gasteiger partial charge >= 0.3 is 6.03 Å². The molecular weight excluding hydrogens is 390 g/mol. The average molecular weight is 411 g/mol. The molecule has 8 nitrogen and oxygen atoms in total. The first-order chi connectivity index (χ1) is 14.1. The van der Waals surface area contributed by atoms with E-state index in [0.717, 1.165) is 11.3 Å². The molecule has 0 fully saturated rings. The van der Waals surface area contributed by atoms with Crippen molar-refractivity contribution in [2.24, 2.45) is 0 Å². The molecule has 0 unspecified atom stereocenters. The molecule has 150 valence electrons. The van der Waals surface area contributed by atoms with Crippen LogP contribution in [-0.4, -0.2) is 52.2 Å². The third-order valence-electron chi connectivity index (χ3n) is 3.88. The number of carbonyl (C=O) groups excluding carboxylic acids is 1. The van der Waals surface area contributed by atoms with Gasteiger partial charge in [-0.15, -0.1) is 6.58 Å². The highest BCUT2D eigenvalue weighted by Crippen LogP contribution is 2.22. The van der Waals surface area contributed by atoms with Crippen LogP contribution in [0.25, 0.3) is 22.4 Å². The lowest BCUT2D eigenvalue weighted by molar-refractivity contribution is 0.146. The SMILES string of the molecule is C=CCN(S)C(=O)Nc1ccc2ncc(-c3ccc(OCCOC)cc3)nc2n1.